The Morgan fingerprint density at radius 2 is 2.00 bits per heavy atom. The Labute approximate surface area is 98.8 Å². The fraction of sp³-hybridized carbons (Fsp3) is 0.692. The first-order chi connectivity index (χ1) is 7.62. The van der Waals surface area contributed by atoms with Gasteiger partial charge in [0.2, 0.25) is 0 Å². The number of hydrogen-bond acceptors (Lipinski definition) is 3. The molecule has 1 aromatic rings. The van der Waals surface area contributed by atoms with E-state index >= 15 is 0 Å². The second kappa shape index (κ2) is 5.51. The Morgan fingerprint density at radius 3 is 2.31 bits per heavy atom. The zero-order valence-electron chi connectivity index (χ0n) is 11.1. The first-order valence-electron chi connectivity index (χ1n) is 6.00. The Hall–Kier alpha value is -0.800. The fourth-order valence-electron chi connectivity index (χ4n) is 2.68. The molecule has 0 spiro atoms. The predicted molar refractivity (Wildman–Crippen MR) is 67.5 cm³/mol. The summed E-state index contributed by atoms with van der Waals surface area (Å²) in [6.45, 7) is 4.47. The molecule has 1 heterocycles. The van der Waals surface area contributed by atoms with E-state index in [-0.39, 0.29) is 11.6 Å². The summed E-state index contributed by atoms with van der Waals surface area (Å²) in [7, 11) is 6.28. The van der Waals surface area contributed by atoms with Gasteiger partial charge in [0, 0.05) is 5.54 Å². The van der Waals surface area contributed by atoms with E-state index in [9.17, 15) is 0 Å². The molecule has 0 saturated carbocycles. The van der Waals surface area contributed by atoms with Gasteiger partial charge < -0.3 is 14.6 Å². The maximum absolute atomic E-state index is 5.56. The average molecular weight is 224 g/mol. The summed E-state index contributed by atoms with van der Waals surface area (Å²) in [5, 5.41) is 3.39. The maximum Gasteiger partial charge on any atom is 0.122 e. The number of furan rings is 1. The molecule has 1 N–H and O–H groups in total. The Morgan fingerprint density at radius 1 is 1.38 bits per heavy atom. The smallest absolute Gasteiger partial charge is 0.122 e. The van der Waals surface area contributed by atoms with E-state index in [1.807, 2.05) is 19.2 Å². The van der Waals surface area contributed by atoms with Crippen molar-refractivity contribution in [3.63, 3.8) is 0 Å². The van der Waals surface area contributed by atoms with Crippen LogP contribution in [0.2, 0.25) is 0 Å². The second-order valence-corrected chi connectivity index (χ2v) is 4.44. The minimum Gasteiger partial charge on any atom is -0.468 e. The first-order valence-corrected chi connectivity index (χ1v) is 6.00. The van der Waals surface area contributed by atoms with Crippen molar-refractivity contribution < 1.29 is 4.42 Å². The summed E-state index contributed by atoms with van der Waals surface area (Å²) < 4.78 is 5.56. The molecule has 3 heteroatoms. The van der Waals surface area contributed by atoms with Gasteiger partial charge in [-0.2, -0.15) is 0 Å². The number of rotatable bonds is 6. The summed E-state index contributed by atoms with van der Waals surface area (Å²) in [4.78, 5) is 2.30. The fourth-order valence-corrected chi connectivity index (χ4v) is 2.68. The van der Waals surface area contributed by atoms with Gasteiger partial charge in [0.1, 0.15) is 5.76 Å². The number of likely N-dealkylation sites (N-methyl/N-ethyl adjacent to an activating group) is 2. The lowest BCUT2D eigenvalue weighted by molar-refractivity contribution is 0.0816. The van der Waals surface area contributed by atoms with Gasteiger partial charge in [-0.25, -0.2) is 0 Å². The third kappa shape index (κ3) is 2.15. The molecular weight excluding hydrogens is 200 g/mol. The SMILES string of the molecule is CCC(CC)(C(NC)c1ccco1)N(C)C. The highest BCUT2D eigenvalue weighted by molar-refractivity contribution is 5.12. The van der Waals surface area contributed by atoms with Crippen LogP contribution in [-0.4, -0.2) is 31.6 Å². The van der Waals surface area contributed by atoms with E-state index in [0.29, 0.717) is 0 Å². The van der Waals surface area contributed by atoms with Crippen LogP contribution in [0.5, 0.6) is 0 Å². The summed E-state index contributed by atoms with van der Waals surface area (Å²) in [6, 6.07) is 4.23. The molecule has 0 aliphatic rings. The van der Waals surface area contributed by atoms with E-state index in [1.165, 1.54) is 0 Å². The molecule has 0 aromatic carbocycles. The summed E-state index contributed by atoms with van der Waals surface area (Å²) in [5.41, 5.74) is 0.104. The molecule has 1 atom stereocenters. The zero-order valence-corrected chi connectivity index (χ0v) is 11.1. The van der Waals surface area contributed by atoms with Gasteiger partial charge in [0.15, 0.2) is 0 Å². The van der Waals surface area contributed by atoms with Crippen LogP contribution >= 0.6 is 0 Å². The van der Waals surface area contributed by atoms with Crippen LogP contribution in [0, 0.1) is 0 Å². The van der Waals surface area contributed by atoms with Crippen LogP contribution in [0.3, 0.4) is 0 Å². The van der Waals surface area contributed by atoms with Crippen molar-refractivity contribution in [1.82, 2.24) is 10.2 Å². The number of nitrogens with zero attached hydrogens (tertiary/aromatic N) is 1. The zero-order chi connectivity index (χ0) is 12.2. The quantitative estimate of drug-likeness (QED) is 0.805. The lowest BCUT2D eigenvalue weighted by atomic mass is 9.82. The average Bonchev–Trinajstić information content (AvgIpc) is 2.78. The van der Waals surface area contributed by atoms with Crippen LogP contribution in [0.4, 0.5) is 0 Å². The Balaban J connectivity index is 3.08. The molecule has 0 aliphatic carbocycles. The molecule has 0 aliphatic heterocycles. The number of nitrogens with one attached hydrogen (secondary N) is 1. The third-order valence-electron chi connectivity index (χ3n) is 3.77. The van der Waals surface area contributed by atoms with Crippen molar-refractivity contribution >= 4 is 0 Å². The molecule has 1 aromatic heterocycles. The molecule has 3 nitrogen and oxygen atoms in total. The van der Waals surface area contributed by atoms with Gasteiger partial charge in [-0.1, -0.05) is 13.8 Å². The Kier molecular flexibility index (Phi) is 4.56. The highest BCUT2D eigenvalue weighted by atomic mass is 16.3. The molecule has 0 amide bonds. The van der Waals surface area contributed by atoms with E-state index in [2.05, 4.69) is 38.2 Å². The molecule has 1 rings (SSSR count). The van der Waals surface area contributed by atoms with Gasteiger partial charge >= 0.3 is 0 Å². The molecule has 16 heavy (non-hydrogen) atoms. The predicted octanol–water partition coefficient (Wildman–Crippen LogP) is 2.66. The van der Waals surface area contributed by atoms with Crippen LogP contribution in [-0.2, 0) is 0 Å². The van der Waals surface area contributed by atoms with Gasteiger partial charge in [0.25, 0.3) is 0 Å². The third-order valence-corrected chi connectivity index (χ3v) is 3.77. The lowest BCUT2D eigenvalue weighted by Crippen LogP contribution is -2.52. The van der Waals surface area contributed by atoms with Gasteiger partial charge in [0.05, 0.1) is 12.3 Å². The lowest BCUT2D eigenvalue weighted by Gasteiger charge is -2.44. The standard InChI is InChI=1S/C13H24N2O/c1-6-13(7-2,15(4)5)12(14-3)11-9-8-10-16-11/h8-10,12,14H,6-7H2,1-5H3. The maximum atomic E-state index is 5.56. The van der Waals surface area contributed by atoms with Crippen molar-refractivity contribution in [2.45, 2.75) is 38.3 Å². The largest absolute Gasteiger partial charge is 0.468 e. The molecule has 0 bridgehead atoms. The van der Waals surface area contributed by atoms with Crippen molar-refractivity contribution in [1.29, 1.82) is 0 Å². The topological polar surface area (TPSA) is 28.4 Å². The highest BCUT2D eigenvalue weighted by Crippen LogP contribution is 2.35. The van der Waals surface area contributed by atoms with Crippen molar-refractivity contribution in [3.8, 4) is 0 Å². The number of hydrogen-bond donors (Lipinski definition) is 1. The van der Waals surface area contributed by atoms with Gasteiger partial charge in [-0.15, -0.1) is 0 Å². The summed E-state index contributed by atoms with van der Waals surface area (Å²) >= 11 is 0. The van der Waals surface area contributed by atoms with Crippen molar-refractivity contribution in [2.24, 2.45) is 0 Å². The summed E-state index contributed by atoms with van der Waals surface area (Å²) in [5.74, 6) is 1.01. The van der Waals surface area contributed by atoms with Crippen LogP contribution in [0.1, 0.15) is 38.5 Å². The van der Waals surface area contributed by atoms with Crippen molar-refractivity contribution in [3.05, 3.63) is 24.2 Å². The van der Waals surface area contributed by atoms with Crippen molar-refractivity contribution in [2.75, 3.05) is 21.1 Å². The molecule has 1 unspecified atom stereocenters. The van der Waals surface area contributed by atoms with E-state index in [1.54, 1.807) is 6.26 Å². The van der Waals surface area contributed by atoms with Crippen LogP contribution in [0.25, 0.3) is 0 Å². The molecule has 0 radical (unpaired) electrons. The minimum absolute atomic E-state index is 0.104. The monoisotopic (exact) mass is 224 g/mol. The Bertz CT molecular complexity index is 289. The highest BCUT2D eigenvalue weighted by Gasteiger charge is 2.39. The first kappa shape index (κ1) is 13.3. The van der Waals surface area contributed by atoms with Gasteiger partial charge in [-0.3, -0.25) is 0 Å². The molecule has 92 valence electrons. The molecule has 0 saturated heterocycles. The second-order valence-electron chi connectivity index (χ2n) is 4.44. The van der Waals surface area contributed by atoms with Crippen LogP contribution in [0.15, 0.2) is 22.8 Å². The van der Waals surface area contributed by atoms with E-state index < -0.39 is 0 Å². The molecule has 0 fully saturated rings. The van der Waals surface area contributed by atoms with Gasteiger partial charge in [-0.05, 0) is 46.1 Å². The molecular formula is C13H24N2O. The normalized spacial score (nSPS) is 14.4. The van der Waals surface area contributed by atoms with Crippen LogP contribution < -0.4 is 5.32 Å². The van der Waals surface area contributed by atoms with E-state index in [0.717, 1.165) is 18.6 Å². The summed E-state index contributed by atoms with van der Waals surface area (Å²) in [6.07, 6.45) is 3.91. The minimum atomic E-state index is 0.104. The van der Waals surface area contributed by atoms with E-state index in [4.69, 9.17) is 4.42 Å².